The van der Waals surface area contributed by atoms with Crippen LogP contribution < -0.4 is 0 Å². The van der Waals surface area contributed by atoms with Gasteiger partial charge in [0.15, 0.2) is 0 Å². The van der Waals surface area contributed by atoms with E-state index in [2.05, 4.69) is 0 Å². The molecule has 6 nitrogen and oxygen atoms in total. The molecular weight excluding hydrogens is 320 g/mol. The van der Waals surface area contributed by atoms with Crippen molar-refractivity contribution in [1.29, 1.82) is 0 Å². The molecule has 3 aromatic rings. The molecule has 122 valence electrons. The van der Waals surface area contributed by atoms with E-state index in [0.29, 0.717) is 11.1 Å². The van der Waals surface area contributed by atoms with Crippen molar-refractivity contribution in [2.45, 2.75) is 5.92 Å². The number of nitrogens with zero attached hydrogens (tertiary/aromatic N) is 2. The van der Waals surface area contributed by atoms with Gasteiger partial charge in [-0.2, -0.15) is 0 Å². The van der Waals surface area contributed by atoms with Crippen molar-refractivity contribution in [1.82, 2.24) is 0 Å². The predicted molar refractivity (Wildman–Crippen MR) is 92.6 cm³/mol. The van der Waals surface area contributed by atoms with Crippen LogP contribution in [0, 0.1) is 20.2 Å². The monoisotopic (exact) mass is 332 g/mol. The molecule has 4 rings (SSSR count). The van der Waals surface area contributed by atoms with E-state index in [1.54, 1.807) is 0 Å². The van der Waals surface area contributed by atoms with Gasteiger partial charge in [0.25, 0.3) is 11.4 Å². The minimum Gasteiger partial charge on any atom is -0.258 e. The summed E-state index contributed by atoms with van der Waals surface area (Å²) in [5.74, 6) is -0.258. The van der Waals surface area contributed by atoms with Crippen molar-refractivity contribution < 1.29 is 9.85 Å². The van der Waals surface area contributed by atoms with Gasteiger partial charge in [-0.1, -0.05) is 54.6 Å². The first kappa shape index (κ1) is 15.0. The molecule has 1 atom stereocenters. The topological polar surface area (TPSA) is 86.3 Å². The quantitative estimate of drug-likeness (QED) is 0.403. The second kappa shape index (κ2) is 5.52. The van der Waals surface area contributed by atoms with E-state index < -0.39 is 9.85 Å². The van der Waals surface area contributed by atoms with Crippen molar-refractivity contribution in [2.24, 2.45) is 0 Å². The van der Waals surface area contributed by atoms with Crippen LogP contribution in [0.25, 0.3) is 11.1 Å². The van der Waals surface area contributed by atoms with Crippen LogP contribution in [0.4, 0.5) is 11.4 Å². The lowest BCUT2D eigenvalue weighted by molar-refractivity contribution is -0.393. The number of non-ortho nitro benzene ring substituents is 1. The largest absolute Gasteiger partial charge is 0.284 e. The van der Waals surface area contributed by atoms with Crippen LogP contribution in [0.2, 0.25) is 0 Å². The molecule has 1 aliphatic rings. The fourth-order valence-electron chi connectivity index (χ4n) is 3.55. The highest BCUT2D eigenvalue weighted by molar-refractivity contribution is 5.88. The van der Waals surface area contributed by atoms with Crippen LogP contribution in [0.5, 0.6) is 0 Å². The number of benzene rings is 3. The molecule has 0 spiro atoms. The Hall–Kier alpha value is -3.54. The van der Waals surface area contributed by atoms with Crippen LogP contribution in [0.1, 0.15) is 22.6 Å². The zero-order valence-electron chi connectivity index (χ0n) is 13.0. The third-order valence-electron chi connectivity index (χ3n) is 4.53. The highest BCUT2D eigenvalue weighted by atomic mass is 16.6. The van der Waals surface area contributed by atoms with E-state index in [0.717, 1.165) is 22.8 Å². The van der Waals surface area contributed by atoms with Gasteiger partial charge in [-0.3, -0.25) is 20.2 Å². The summed E-state index contributed by atoms with van der Waals surface area (Å²) in [5, 5.41) is 22.8. The molecule has 25 heavy (non-hydrogen) atoms. The SMILES string of the molecule is O=[N+]([O-])c1cc2c(c([N+](=O)[O-])c1)-c1ccccc1C2c1ccccc1. The van der Waals surface area contributed by atoms with Crippen molar-refractivity contribution in [3.05, 3.63) is 104 Å². The molecule has 1 unspecified atom stereocenters. The first-order chi connectivity index (χ1) is 12.1. The van der Waals surface area contributed by atoms with Crippen molar-refractivity contribution in [2.75, 3.05) is 0 Å². The highest BCUT2D eigenvalue weighted by Crippen LogP contribution is 2.52. The minimum atomic E-state index is -0.585. The van der Waals surface area contributed by atoms with Gasteiger partial charge in [-0.25, -0.2) is 0 Å². The molecule has 0 saturated carbocycles. The van der Waals surface area contributed by atoms with E-state index >= 15 is 0 Å². The smallest absolute Gasteiger partial charge is 0.258 e. The van der Waals surface area contributed by atoms with Crippen LogP contribution in [0.3, 0.4) is 0 Å². The average molecular weight is 332 g/mol. The normalized spacial score (nSPS) is 14.6. The minimum absolute atomic E-state index is 0.227. The molecule has 0 fully saturated rings. The first-order valence-electron chi connectivity index (χ1n) is 7.69. The van der Waals surface area contributed by atoms with Gasteiger partial charge in [0.05, 0.1) is 21.5 Å². The van der Waals surface area contributed by atoms with E-state index in [9.17, 15) is 20.2 Å². The summed E-state index contributed by atoms with van der Waals surface area (Å²) in [6.45, 7) is 0. The summed E-state index contributed by atoms with van der Waals surface area (Å²) >= 11 is 0. The number of nitro benzene ring substituents is 2. The third kappa shape index (κ3) is 2.27. The molecule has 0 heterocycles. The summed E-state index contributed by atoms with van der Waals surface area (Å²) in [6.07, 6.45) is 0. The number of fused-ring (bicyclic) bond motifs is 3. The average Bonchev–Trinajstić information content (AvgIpc) is 2.95. The van der Waals surface area contributed by atoms with Crippen molar-refractivity contribution in [3.63, 3.8) is 0 Å². The summed E-state index contributed by atoms with van der Waals surface area (Å²) in [4.78, 5) is 21.7. The molecule has 0 aromatic heterocycles. The van der Waals surface area contributed by atoms with Crippen LogP contribution >= 0.6 is 0 Å². The number of hydrogen-bond donors (Lipinski definition) is 0. The van der Waals surface area contributed by atoms with Gasteiger partial charge < -0.3 is 0 Å². The molecule has 1 aliphatic carbocycles. The summed E-state index contributed by atoms with van der Waals surface area (Å²) in [7, 11) is 0. The number of hydrogen-bond acceptors (Lipinski definition) is 4. The van der Waals surface area contributed by atoms with E-state index in [1.807, 2.05) is 54.6 Å². The first-order valence-corrected chi connectivity index (χ1v) is 7.69. The fraction of sp³-hybridized carbons (Fsp3) is 0.0526. The molecule has 0 aliphatic heterocycles. The van der Waals surface area contributed by atoms with E-state index in [-0.39, 0.29) is 17.3 Å². The number of nitro groups is 2. The maximum atomic E-state index is 11.6. The zero-order chi connectivity index (χ0) is 17.6. The van der Waals surface area contributed by atoms with Crippen molar-refractivity contribution in [3.8, 4) is 11.1 Å². The maximum absolute atomic E-state index is 11.6. The van der Waals surface area contributed by atoms with Crippen molar-refractivity contribution >= 4 is 11.4 Å². The van der Waals surface area contributed by atoms with Gasteiger partial charge in [0.2, 0.25) is 0 Å². The lowest BCUT2D eigenvalue weighted by Gasteiger charge is -2.13. The van der Waals surface area contributed by atoms with Gasteiger partial charge in [-0.15, -0.1) is 0 Å². The van der Waals surface area contributed by atoms with Gasteiger partial charge in [0.1, 0.15) is 0 Å². The molecule has 0 amide bonds. The third-order valence-corrected chi connectivity index (χ3v) is 4.53. The van der Waals surface area contributed by atoms with Gasteiger partial charge >= 0.3 is 0 Å². The summed E-state index contributed by atoms with van der Waals surface area (Å²) < 4.78 is 0. The lowest BCUT2D eigenvalue weighted by Crippen LogP contribution is -2.01. The summed E-state index contributed by atoms with van der Waals surface area (Å²) in [5.41, 5.74) is 3.21. The standard InChI is InChI=1S/C19H12N2O4/c22-20(23)13-10-16-18(12-6-2-1-3-7-12)14-8-4-5-9-15(14)19(16)17(11-13)21(24)25/h1-11,18H. The van der Waals surface area contributed by atoms with Gasteiger partial charge in [-0.05, 0) is 22.3 Å². The molecular formula is C19H12N2O4. The predicted octanol–water partition coefficient (Wildman–Crippen LogP) is 4.66. The van der Waals surface area contributed by atoms with Crippen LogP contribution in [-0.4, -0.2) is 9.85 Å². The lowest BCUT2D eigenvalue weighted by atomic mass is 9.89. The molecule has 3 aromatic carbocycles. The number of rotatable bonds is 3. The second-order valence-corrected chi connectivity index (χ2v) is 5.87. The van der Waals surface area contributed by atoms with Gasteiger partial charge in [0, 0.05) is 12.0 Å². The fourth-order valence-corrected chi connectivity index (χ4v) is 3.55. The Balaban J connectivity index is 2.09. The van der Waals surface area contributed by atoms with Crippen LogP contribution in [0.15, 0.2) is 66.7 Å². The van der Waals surface area contributed by atoms with E-state index in [4.69, 9.17) is 0 Å². The summed E-state index contributed by atoms with van der Waals surface area (Å²) in [6, 6.07) is 19.5. The molecule has 0 N–H and O–H groups in total. The molecule has 0 bridgehead atoms. The Morgan fingerprint density at radius 2 is 1.44 bits per heavy atom. The Kier molecular flexibility index (Phi) is 3.32. The van der Waals surface area contributed by atoms with E-state index in [1.165, 1.54) is 6.07 Å². The maximum Gasteiger partial charge on any atom is 0.284 e. The molecule has 6 heteroatoms. The Morgan fingerprint density at radius 3 is 2.12 bits per heavy atom. The zero-order valence-corrected chi connectivity index (χ0v) is 13.0. The Morgan fingerprint density at radius 1 is 0.760 bits per heavy atom. The highest BCUT2D eigenvalue weighted by Gasteiger charge is 2.37. The molecule has 0 saturated heterocycles. The second-order valence-electron chi connectivity index (χ2n) is 5.87. The molecule has 0 radical (unpaired) electrons. The Labute approximate surface area is 142 Å². The Bertz CT molecular complexity index is 1020. The van der Waals surface area contributed by atoms with Crippen LogP contribution in [-0.2, 0) is 0 Å².